The summed E-state index contributed by atoms with van der Waals surface area (Å²) in [5.74, 6) is 0.740. The Hall–Kier alpha value is -2.87. The standard InChI is InChI=1S/C23H30N6O2/c1-16-8-7-9-18(17(16)2)27-14-15-28-19-20(24-22(27)28)25(3)23(31)29(21(19)30)13-12-26-10-5-4-6-11-26/h7-9H,4-6,10-15H2,1-3H3. The first kappa shape index (κ1) is 20.1. The van der Waals surface area contributed by atoms with E-state index in [0.29, 0.717) is 24.3 Å². The van der Waals surface area contributed by atoms with E-state index in [2.05, 4.69) is 35.8 Å². The quantitative estimate of drug-likeness (QED) is 0.645. The van der Waals surface area contributed by atoms with Gasteiger partial charge >= 0.3 is 5.69 Å². The molecule has 0 atom stereocenters. The number of benzene rings is 1. The molecule has 0 N–H and O–H groups in total. The molecule has 0 amide bonds. The highest BCUT2D eigenvalue weighted by Gasteiger charge is 2.29. The molecular weight excluding hydrogens is 392 g/mol. The van der Waals surface area contributed by atoms with Gasteiger partial charge < -0.3 is 14.4 Å². The van der Waals surface area contributed by atoms with Crippen LogP contribution in [0.1, 0.15) is 30.4 Å². The van der Waals surface area contributed by atoms with Crippen LogP contribution in [0.3, 0.4) is 0 Å². The SMILES string of the molecule is Cc1cccc(N2CCn3c2nc2c3c(=O)n(CCN3CCCCC3)c(=O)n2C)c1C. The van der Waals surface area contributed by atoms with E-state index in [-0.39, 0.29) is 11.2 Å². The number of anilines is 2. The number of aromatic nitrogens is 4. The van der Waals surface area contributed by atoms with Crippen LogP contribution >= 0.6 is 0 Å². The zero-order chi connectivity index (χ0) is 21.7. The molecule has 31 heavy (non-hydrogen) atoms. The predicted molar refractivity (Wildman–Crippen MR) is 122 cm³/mol. The molecule has 2 aliphatic rings. The minimum Gasteiger partial charge on any atom is -0.310 e. The molecule has 1 fully saturated rings. The largest absolute Gasteiger partial charge is 0.332 e. The number of imidazole rings is 1. The Morgan fingerprint density at radius 3 is 2.52 bits per heavy atom. The highest BCUT2D eigenvalue weighted by atomic mass is 16.2. The molecule has 0 unspecified atom stereocenters. The maximum Gasteiger partial charge on any atom is 0.332 e. The minimum absolute atomic E-state index is 0.225. The Labute approximate surface area is 181 Å². The van der Waals surface area contributed by atoms with Crippen LogP contribution in [0.4, 0.5) is 11.6 Å². The van der Waals surface area contributed by atoms with Crippen molar-refractivity contribution >= 4 is 22.8 Å². The van der Waals surface area contributed by atoms with Crippen molar-refractivity contribution in [1.82, 2.24) is 23.6 Å². The monoisotopic (exact) mass is 422 g/mol. The summed E-state index contributed by atoms with van der Waals surface area (Å²) >= 11 is 0. The van der Waals surface area contributed by atoms with Gasteiger partial charge in [0.2, 0.25) is 5.95 Å². The summed E-state index contributed by atoms with van der Waals surface area (Å²) in [7, 11) is 1.71. The number of rotatable bonds is 4. The second-order valence-corrected chi connectivity index (χ2v) is 8.81. The van der Waals surface area contributed by atoms with Crippen LogP contribution < -0.4 is 16.1 Å². The summed E-state index contributed by atoms with van der Waals surface area (Å²) in [5.41, 5.74) is 4.01. The summed E-state index contributed by atoms with van der Waals surface area (Å²) in [5, 5.41) is 0. The van der Waals surface area contributed by atoms with E-state index in [1.165, 1.54) is 39.5 Å². The third-order valence-electron chi connectivity index (χ3n) is 6.96. The number of hydrogen-bond donors (Lipinski definition) is 0. The van der Waals surface area contributed by atoms with Crippen LogP contribution in [0.2, 0.25) is 0 Å². The van der Waals surface area contributed by atoms with Crippen molar-refractivity contribution < 1.29 is 0 Å². The van der Waals surface area contributed by atoms with Gasteiger partial charge in [0, 0.05) is 38.9 Å². The summed E-state index contributed by atoms with van der Waals surface area (Å²) < 4.78 is 4.91. The Kier molecular flexibility index (Phi) is 4.97. The van der Waals surface area contributed by atoms with Crippen LogP contribution in [0.25, 0.3) is 11.2 Å². The van der Waals surface area contributed by atoms with Crippen molar-refractivity contribution in [2.75, 3.05) is 31.1 Å². The number of fused-ring (bicyclic) bond motifs is 3. The van der Waals surface area contributed by atoms with Crippen LogP contribution in [0.5, 0.6) is 0 Å². The molecule has 2 aliphatic heterocycles. The Balaban J connectivity index is 1.57. The summed E-state index contributed by atoms with van der Waals surface area (Å²) in [4.78, 5) is 35.7. The van der Waals surface area contributed by atoms with Crippen molar-refractivity contribution in [3.8, 4) is 0 Å². The number of hydrogen-bond acceptors (Lipinski definition) is 5. The van der Waals surface area contributed by atoms with E-state index in [0.717, 1.165) is 37.8 Å². The van der Waals surface area contributed by atoms with Crippen LogP contribution in [0, 0.1) is 13.8 Å². The molecule has 1 saturated heterocycles. The lowest BCUT2D eigenvalue weighted by molar-refractivity contribution is 0.218. The van der Waals surface area contributed by atoms with Gasteiger partial charge in [0.15, 0.2) is 11.2 Å². The molecule has 0 spiro atoms. The fourth-order valence-electron chi connectivity index (χ4n) is 4.96. The Morgan fingerprint density at radius 2 is 1.74 bits per heavy atom. The van der Waals surface area contributed by atoms with Gasteiger partial charge in [0.25, 0.3) is 5.56 Å². The van der Waals surface area contributed by atoms with Crippen molar-refractivity contribution in [2.45, 2.75) is 46.2 Å². The number of nitrogens with zero attached hydrogens (tertiary/aromatic N) is 6. The van der Waals surface area contributed by atoms with E-state index in [1.54, 1.807) is 7.05 Å². The molecule has 8 heteroatoms. The van der Waals surface area contributed by atoms with Crippen molar-refractivity contribution in [1.29, 1.82) is 0 Å². The third-order valence-corrected chi connectivity index (χ3v) is 6.96. The van der Waals surface area contributed by atoms with Gasteiger partial charge in [0.05, 0.1) is 0 Å². The van der Waals surface area contributed by atoms with Crippen LogP contribution in [0.15, 0.2) is 27.8 Å². The molecule has 4 heterocycles. The van der Waals surface area contributed by atoms with Crippen LogP contribution in [-0.4, -0.2) is 49.8 Å². The van der Waals surface area contributed by atoms with E-state index in [4.69, 9.17) is 4.98 Å². The van der Waals surface area contributed by atoms with Gasteiger partial charge in [-0.3, -0.25) is 13.9 Å². The molecular formula is C23H30N6O2. The van der Waals surface area contributed by atoms with Crippen molar-refractivity contribution in [2.24, 2.45) is 7.05 Å². The average Bonchev–Trinajstić information content (AvgIpc) is 3.34. The van der Waals surface area contributed by atoms with Gasteiger partial charge in [-0.05, 0) is 57.0 Å². The van der Waals surface area contributed by atoms with Crippen molar-refractivity contribution in [3.63, 3.8) is 0 Å². The van der Waals surface area contributed by atoms with Gasteiger partial charge in [-0.25, -0.2) is 4.79 Å². The second kappa shape index (κ2) is 7.67. The molecule has 2 aromatic heterocycles. The van der Waals surface area contributed by atoms with E-state index in [1.807, 2.05) is 10.6 Å². The maximum atomic E-state index is 13.4. The number of piperidine rings is 1. The topological polar surface area (TPSA) is 68.3 Å². The molecule has 1 aromatic carbocycles. The lowest BCUT2D eigenvalue weighted by Gasteiger charge is -2.26. The van der Waals surface area contributed by atoms with Gasteiger partial charge in [-0.2, -0.15) is 4.98 Å². The summed E-state index contributed by atoms with van der Waals surface area (Å²) in [6.07, 6.45) is 3.65. The molecule has 5 rings (SSSR count). The van der Waals surface area contributed by atoms with E-state index in [9.17, 15) is 9.59 Å². The Bertz CT molecular complexity index is 1260. The Morgan fingerprint density at radius 1 is 0.968 bits per heavy atom. The van der Waals surface area contributed by atoms with E-state index >= 15 is 0 Å². The van der Waals surface area contributed by atoms with Gasteiger partial charge in [-0.15, -0.1) is 0 Å². The lowest BCUT2D eigenvalue weighted by atomic mass is 10.1. The van der Waals surface area contributed by atoms with Crippen LogP contribution in [-0.2, 0) is 20.1 Å². The molecule has 0 radical (unpaired) electrons. The molecule has 164 valence electrons. The molecule has 3 aromatic rings. The minimum atomic E-state index is -0.287. The van der Waals surface area contributed by atoms with Gasteiger partial charge in [-0.1, -0.05) is 18.6 Å². The highest BCUT2D eigenvalue weighted by molar-refractivity contribution is 5.78. The highest BCUT2D eigenvalue weighted by Crippen LogP contribution is 2.34. The lowest BCUT2D eigenvalue weighted by Crippen LogP contribution is -2.43. The zero-order valence-electron chi connectivity index (χ0n) is 18.6. The van der Waals surface area contributed by atoms with Gasteiger partial charge in [0.1, 0.15) is 0 Å². The molecule has 0 aliphatic carbocycles. The summed E-state index contributed by atoms with van der Waals surface area (Å²) in [6.45, 7) is 8.90. The third kappa shape index (κ3) is 3.20. The molecule has 0 saturated carbocycles. The first-order valence-corrected chi connectivity index (χ1v) is 11.2. The molecule has 8 nitrogen and oxygen atoms in total. The zero-order valence-corrected chi connectivity index (χ0v) is 18.6. The van der Waals surface area contributed by atoms with E-state index < -0.39 is 0 Å². The predicted octanol–water partition coefficient (Wildman–Crippen LogP) is 2.15. The van der Waals surface area contributed by atoms with Crippen molar-refractivity contribution in [3.05, 3.63) is 50.2 Å². The summed E-state index contributed by atoms with van der Waals surface area (Å²) in [6, 6.07) is 6.24. The normalized spacial score (nSPS) is 16.9. The second-order valence-electron chi connectivity index (χ2n) is 8.81. The smallest absolute Gasteiger partial charge is 0.310 e. The maximum absolute atomic E-state index is 13.4. The first-order valence-electron chi connectivity index (χ1n) is 11.2. The fourth-order valence-corrected chi connectivity index (χ4v) is 4.96. The fraction of sp³-hybridized carbons (Fsp3) is 0.522. The first-order chi connectivity index (χ1) is 15.0. The molecule has 0 bridgehead atoms. The number of aryl methyl sites for hydroxylation is 2. The average molecular weight is 423 g/mol. The number of likely N-dealkylation sites (tertiary alicyclic amines) is 1.